The second-order valence-corrected chi connectivity index (χ2v) is 5.04. The van der Waals surface area contributed by atoms with E-state index in [0.29, 0.717) is 18.7 Å². The topological polar surface area (TPSA) is 57.0 Å². The number of carbonyl (C=O) groups excluding carboxylic acids is 1. The van der Waals surface area contributed by atoms with E-state index in [4.69, 9.17) is 4.74 Å². The van der Waals surface area contributed by atoms with E-state index in [-0.39, 0.29) is 0 Å². The zero-order chi connectivity index (χ0) is 16.1. The molecule has 23 heavy (non-hydrogen) atoms. The van der Waals surface area contributed by atoms with Crippen LogP contribution in [0.3, 0.4) is 0 Å². The molecule has 0 N–H and O–H groups in total. The van der Waals surface area contributed by atoms with Crippen LogP contribution in [-0.2, 0) is 6.42 Å². The number of aromatic nitrogens is 3. The lowest BCUT2D eigenvalue weighted by atomic mass is 10.1. The number of hydrogen-bond acceptors (Lipinski definition) is 4. The van der Waals surface area contributed by atoms with Crippen molar-refractivity contribution in [1.29, 1.82) is 0 Å². The van der Waals surface area contributed by atoms with E-state index in [9.17, 15) is 4.79 Å². The summed E-state index contributed by atoms with van der Waals surface area (Å²) >= 11 is 0. The van der Waals surface area contributed by atoms with Crippen LogP contribution in [0, 0.1) is 0 Å². The molecule has 1 heterocycles. The summed E-state index contributed by atoms with van der Waals surface area (Å²) in [6.45, 7) is 2.57. The molecule has 0 fully saturated rings. The fraction of sp³-hybridized carbons (Fsp3) is 0.167. The van der Waals surface area contributed by atoms with E-state index in [1.807, 2.05) is 61.5 Å². The summed E-state index contributed by atoms with van der Waals surface area (Å²) in [5.41, 5.74) is 3.09. The molecule has 0 saturated heterocycles. The van der Waals surface area contributed by atoms with Crippen LogP contribution >= 0.6 is 0 Å². The van der Waals surface area contributed by atoms with Crippen LogP contribution in [0.25, 0.3) is 5.69 Å². The van der Waals surface area contributed by atoms with Crippen molar-refractivity contribution in [1.82, 2.24) is 15.0 Å². The first-order valence-corrected chi connectivity index (χ1v) is 7.48. The van der Waals surface area contributed by atoms with Crippen LogP contribution in [0.4, 0.5) is 0 Å². The summed E-state index contributed by atoms with van der Waals surface area (Å²) in [6, 6.07) is 17.5. The molecule has 0 amide bonds. The molecule has 0 atom stereocenters. The minimum Gasteiger partial charge on any atom is -0.494 e. The Kier molecular flexibility index (Phi) is 4.47. The Morgan fingerprint density at radius 2 is 1.83 bits per heavy atom. The number of rotatable bonds is 6. The first-order valence-electron chi connectivity index (χ1n) is 7.48. The molecule has 116 valence electrons. The van der Waals surface area contributed by atoms with Crippen LogP contribution in [0.1, 0.15) is 28.7 Å². The maximum Gasteiger partial charge on any atom is 0.172 e. The van der Waals surface area contributed by atoms with Gasteiger partial charge in [0.1, 0.15) is 11.4 Å². The molecule has 1 aromatic heterocycles. The highest BCUT2D eigenvalue weighted by atomic mass is 16.5. The fourth-order valence-corrected chi connectivity index (χ4v) is 2.42. The molecule has 0 aliphatic carbocycles. The molecule has 0 aliphatic rings. The third-order valence-corrected chi connectivity index (χ3v) is 3.51. The average molecular weight is 307 g/mol. The van der Waals surface area contributed by atoms with Gasteiger partial charge in [0, 0.05) is 6.42 Å². The van der Waals surface area contributed by atoms with Crippen LogP contribution in [0.15, 0.2) is 54.6 Å². The third kappa shape index (κ3) is 3.29. The Balaban J connectivity index is 1.96. The first-order chi connectivity index (χ1) is 11.3. The standard InChI is InChI=1S/C18H17N3O2/c1-2-23-16-10-8-15(9-11-16)21-18(17(13-22)19-20-21)12-14-6-4-3-5-7-14/h3-11,13H,2,12H2,1H3. The molecule has 0 aliphatic heterocycles. The second kappa shape index (κ2) is 6.87. The normalized spacial score (nSPS) is 10.5. The molecular formula is C18H17N3O2. The van der Waals surface area contributed by atoms with Gasteiger partial charge in [-0.2, -0.15) is 0 Å². The maximum atomic E-state index is 11.3. The summed E-state index contributed by atoms with van der Waals surface area (Å²) in [5, 5.41) is 8.10. The van der Waals surface area contributed by atoms with E-state index in [2.05, 4.69) is 10.3 Å². The third-order valence-electron chi connectivity index (χ3n) is 3.51. The second-order valence-electron chi connectivity index (χ2n) is 5.04. The van der Waals surface area contributed by atoms with Crippen molar-refractivity contribution >= 4 is 6.29 Å². The van der Waals surface area contributed by atoms with Gasteiger partial charge in [-0.3, -0.25) is 4.79 Å². The molecule has 5 heteroatoms. The SMILES string of the molecule is CCOc1ccc(-n2nnc(C=O)c2Cc2ccccc2)cc1. The fourth-order valence-electron chi connectivity index (χ4n) is 2.42. The molecule has 5 nitrogen and oxygen atoms in total. The number of ether oxygens (including phenoxy) is 1. The van der Waals surface area contributed by atoms with Crippen LogP contribution in [0.5, 0.6) is 5.75 Å². The van der Waals surface area contributed by atoms with Crippen molar-refractivity contribution in [3.05, 3.63) is 71.5 Å². The van der Waals surface area contributed by atoms with Gasteiger partial charge in [-0.15, -0.1) is 5.10 Å². The average Bonchev–Trinajstić information content (AvgIpc) is 2.99. The van der Waals surface area contributed by atoms with Gasteiger partial charge in [0.15, 0.2) is 6.29 Å². The molecule has 3 rings (SSSR count). The van der Waals surface area contributed by atoms with Crippen molar-refractivity contribution in [2.45, 2.75) is 13.3 Å². The van der Waals surface area contributed by atoms with E-state index in [1.54, 1.807) is 4.68 Å². The lowest BCUT2D eigenvalue weighted by molar-refractivity contribution is 0.111. The number of benzene rings is 2. The van der Waals surface area contributed by atoms with Gasteiger partial charge in [-0.1, -0.05) is 35.5 Å². The van der Waals surface area contributed by atoms with Crippen molar-refractivity contribution in [2.75, 3.05) is 6.61 Å². The predicted molar refractivity (Wildman–Crippen MR) is 87.2 cm³/mol. The van der Waals surface area contributed by atoms with Gasteiger partial charge in [-0.05, 0) is 36.8 Å². The van der Waals surface area contributed by atoms with Gasteiger partial charge in [0.2, 0.25) is 0 Å². The van der Waals surface area contributed by atoms with Gasteiger partial charge in [-0.25, -0.2) is 4.68 Å². The largest absolute Gasteiger partial charge is 0.494 e. The monoisotopic (exact) mass is 307 g/mol. The summed E-state index contributed by atoms with van der Waals surface area (Å²) in [5.74, 6) is 0.802. The highest BCUT2D eigenvalue weighted by Crippen LogP contribution is 2.19. The number of carbonyl (C=O) groups is 1. The molecule has 0 saturated carbocycles. The minimum absolute atomic E-state index is 0.364. The zero-order valence-electron chi connectivity index (χ0n) is 12.8. The summed E-state index contributed by atoms with van der Waals surface area (Å²) in [4.78, 5) is 11.3. The molecule has 3 aromatic rings. The Bertz CT molecular complexity index is 780. The van der Waals surface area contributed by atoms with Gasteiger partial charge >= 0.3 is 0 Å². The smallest absolute Gasteiger partial charge is 0.172 e. The molecule has 2 aromatic carbocycles. The molecule has 0 radical (unpaired) electrons. The summed E-state index contributed by atoms with van der Waals surface area (Å²) in [6.07, 6.45) is 1.34. The Labute approximate surface area is 134 Å². The van der Waals surface area contributed by atoms with Crippen LogP contribution < -0.4 is 4.74 Å². The van der Waals surface area contributed by atoms with Gasteiger partial charge in [0.05, 0.1) is 18.0 Å². The molecular weight excluding hydrogens is 290 g/mol. The number of aldehydes is 1. The number of hydrogen-bond donors (Lipinski definition) is 0. The van der Waals surface area contributed by atoms with E-state index in [0.717, 1.165) is 29.0 Å². The minimum atomic E-state index is 0.364. The van der Waals surface area contributed by atoms with Crippen molar-refractivity contribution in [3.63, 3.8) is 0 Å². The number of nitrogens with zero attached hydrogens (tertiary/aromatic N) is 3. The van der Waals surface area contributed by atoms with Crippen molar-refractivity contribution in [3.8, 4) is 11.4 Å². The summed E-state index contributed by atoms with van der Waals surface area (Å²) in [7, 11) is 0. The van der Waals surface area contributed by atoms with Gasteiger partial charge < -0.3 is 4.74 Å². The Hall–Kier alpha value is -2.95. The predicted octanol–water partition coefficient (Wildman–Crippen LogP) is 3.07. The van der Waals surface area contributed by atoms with E-state index in [1.165, 1.54) is 0 Å². The Morgan fingerprint density at radius 3 is 2.48 bits per heavy atom. The lowest BCUT2D eigenvalue weighted by Crippen LogP contribution is -2.05. The zero-order valence-corrected chi connectivity index (χ0v) is 12.8. The quantitative estimate of drug-likeness (QED) is 0.657. The highest BCUT2D eigenvalue weighted by molar-refractivity contribution is 5.73. The Morgan fingerprint density at radius 1 is 1.09 bits per heavy atom. The van der Waals surface area contributed by atoms with Gasteiger partial charge in [0.25, 0.3) is 0 Å². The van der Waals surface area contributed by atoms with E-state index < -0.39 is 0 Å². The molecule has 0 bridgehead atoms. The van der Waals surface area contributed by atoms with Crippen LogP contribution in [-0.4, -0.2) is 27.9 Å². The maximum absolute atomic E-state index is 11.3. The highest BCUT2D eigenvalue weighted by Gasteiger charge is 2.14. The molecule has 0 unspecified atom stereocenters. The van der Waals surface area contributed by atoms with E-state index >= 15 is 0 Å². The first kappa shape index (κ1) is 15.0. The van der Waals surface area contributed by atoms with Crippen LogP contribution in [0.2, 0.25) is 0 Å². The molecule has 0 spiro atoms. The van der Waals surface area contributed by atoms with Crippen molar-refractivity contribution < 1.29 is 9.53 Å². The summed E-state index contributed by atoms with van der Waals surface area (Å²) < 4.78 is 7.15. The van der Waals surface area contributed by atoms with Crippen molar-refractivity contribution in [2.24, 2.45) is 0 Å². The lowest BCUT2D eigenvalue weighted by Gasteiger charge is -2.08.